The van der Waals surface area contributed by atoms with E-state index in [0.717, 1.165) is 28.9 Å². The van der Waals surface area contributed by atoms with Gasteiger partial charge in [0.25, 0.3) is 0 Å². The Morgan fingerprint density at radius 3 is 2.59 bits per heavy atom. The van der Waals surface area contributed by atoms with E-state index in [1.807, 2.05) is 51.1 Å². The Kier molecular flexibility index (Phi) is 7.86. The van der Waals surface area contributed by atoms with Gasteiger partial charge in [0.15, 0.2) is 11.5 Å². The lowest BCUT2D eigenvalue weighted by atomic mass is 10.0. The van der Waals surface area contributed by atoms with E-state index in [0.29, 0.717) is 25.4 Å². The summed E-state index contributed by atoms with van der Waals surface area (Å²) in [5.41, 5.74) is 6.71. The van der Waals surface area contributed by atoms with Crippen molar-refractivity contribution >= 4 is 12.1 Å². The highest BCUT2D eigenvalue weighted by atomic mass is 16.5. The van der Waals surface area contributed by atoms with Crippen LogP contribution in [0.1, 0.15) is 42.5 Å². The molecule has 0 atom stereocenters. The first kappa shape index (κ1) is 20.5. The molecular weight excluding hydrogens is 340 g/mol. The number of hydrogen-bond donors (Lipinski definition) is 1. The molecule has 0 fully saturated rings. The van der Waals surface area contributed by atoms with E-state index in [2.05, 4.69) is 23.5 Å². The number of hydrazone groups is 1. The predicted octanol–water partition coefficient (Wildman–Crippen LogP) is 4.18. The normalized spacial score (nSPS) is 10.8. The summed E-state index contributed by atoms with van der Waals surface area (Å²) in [4.78, 5) is 12.1. The highest BCUT2D eigenvalue weighted by Gasteiger charge is 2.07. The van der Waals surface area contributed by atoms with Crippen molar-refractivity contribution in [3.63, 3.8) is 0 Å². The summed E-state index contributed by atoms with van der Waals surface area (Å²) in [7, 11) is 0. The third-order valence-corrected chi connectivity index (χ3v) is 3.98. The fraction of sp³-hybridized carbons (Fsp3) is 0.364. The minimum absolute atomic E-state index is 0.147. The van der Waals surface area contributed by atoms with Crippen LogP contribution in [0.25, 0.3) is 0 Å². The molecule has 0 aliphatic carbocycles. The van der Waals surface area contributed by atoms with Gasteiger partial charge in [-0.3, -0.25) is 4.79 Å². The molecule has 0 saturated carbocycles. The number of benzene rings is 2. The summed E-state index contributed by atoms with van der Waals surface area (Å²) in [6.45, 7) is 9.23. The number of ether oxygens (including phenoxy) is 2. The minimum Gasteiger partial charge on any atom is -0.490 e. The molecule has 2 aromatic rings. The van der Waals surface area contributed by atoms with E-state index < -0.39 is 0 Å². The maximum absolute atomic E-state index is 12.1. The zero-order chi connectivity index (χ0) is 19.6. The zero-order valence-corrected chi connectivity index (χ0v) is 16.5. The van der Waals surface area contributed by atoms with E-state index in [-0.39, 0.29) is 5.91 Å². The Labute approximate surface area is 161 Å². The largest absolute Gasteiger partial charge is 0.490 e. The lowest BCUT2D eigenvalue weighted by molar-refractivity contribution is -0.120. The SMILES string of the molecule is CCCOc1ccc(/C=N\NC(=O)Cc2ccc(C)cc2C)cc1OCC. The van der Waals surface area contributed by atoms with Crippen molar-refractivity contribution in [2.45, 2.75) is 40.5 Å². The summed E-state index contributed by atoms with van der Waals surface area (Å²) in [5, 5.41) is 4.06. The molecule has 1 N–H and O–H groups in total. The number of hydrogen-bond acceptors (Lipinski definition) is 4. The lowest BCUT2D eigenvalue weighted by Gasteiger charge is -2.11. The van der Waals surface area contributed by atoms with Crippen LogP contribution in [0.4, 0.5) is 0 Å². The van der Waals surface area contributed by atoms with E-state index in [1.165, 1.54) is 5.56 Å². The van der Waals surface area contributed by atoms with Crippen LogP contribution in [-0.2, 0) is 11.2 Å². The van der Waals surface area contributed by atoms with Crippen LogP contribution in [0, 0.1) is 13.8 Å². The molecule has 0 aromatic heterocycles. The first-order valence-corrected chi connectivity index (χ1v) is 9.31. The molecule has 0 spiro atoms. The number of nitrogens with one attached hydrogen (secondary N) is 1. The highest BCUT2D eigenvalue weighted by molar-refractivity contribution is 5.84. The van der Waals surface area contributed by atoms with Gasteiger partial charge in [-0.25, -0.2) is 5.43 Å². The van der Waals surface area contributed by atoms with Gasteiger partial charge in [0.1, 0.15) is 0 Å². The van der Waals surface area contributed by atoms with E-state index in [4.69, 9.17) is 9.47 Å². The fourth-order valence-electron chi connectivity index (χ4n) is 2.64. The van der Waals surface area contributed by atoms with Crippen molar-refractivity contribution in [1.82, 2.24) is 5.43 Å². The van der Waals surface area contributed by atoms with Crippen molar-refractivity contribution in [3.05, 3.63) is 58.7 Å². The smallest absolute Gasteiger partial charge is 0.244 e. The molecule has 2 rings (SSSR count). The number of aryl methyl sites for hydroxylation is 2. The van der Waals surface area contributed by atoms with Gasteiger partial charge in [0.05, 0.1) is 25.8 Å². The molecule has 5 nitrogen and oxygen atoms in total. The molecule has 5 heteroatoms. The first-order chi connectivity index (χ1) is 13.0. The monoisotopic (exact) mass is 368 g/mol. The summed E-state index contributed by atoms with van der Waals surface area (Å²) in [5.74, 6) is 1.25. The Bertz CT molecular complexity index is 800. The van der Waals surface area contributed by atoms with Gasteiger partial charge in [-0.05, 0) is 62.1 Å². The molecule has 0 unspecified atom stereocenters. The maximum Gasteiger partial charge on any atom is 0.244 e. The molecule has 27 heavy (non-hydrogen) atoms. The van der Waals surface area contributed by atoms with Crippen molar-refractivity contribution in [3.8, 4) is 11.5 Å². The van der Waals surface area contributed by atoms with Gasteiger partial charge in [-0.2, -0.15) is 5.10 Å². The minimum atomic E-state index is -0.147. The van der Waals surface area contributed by atoms with Crippen molar-refractivity contribution < 1.29 is 14.3 Å². The van der Waals surface area contributed by atoms with E-state index in [9.17, 15) is 4.79 Å². The van der Waals surface area contributed by atoms with Crippen molar-refractivity contribution in [2.24, 2.45) is 5.10 Å². The summed E-state index contributed by atoms with van der Waals surface area (Å²) in [6, 6.07) is 11.7. The maximum atomic E-state index is 12.1. The molecular formula is C22H28N2O3. The molecule has 2 aromatic carbocycles. The molecule has 0 aliphatic heterocycles. The second-order valence-electron chi connectivity index (χ2n) is 6.39. The zero-order valence-electron chi connectivity index (χ0n) is 16.5. The summed E-state index contributed by atoms with van der Waals surface area (Å²) >= 11 is 0. The number of amides is 1. The van der Waals surface area contributed by atoms with Crippen LogP contribution in [0.3, 0.4) is 0 Å². The van der Waals surface area contributed by atoms with Crippen LogP contribution in [0.5, 0.6) is 11.5 Å². The third-order valence-electron chi connectivity index (χ3n) is 3.98. The number of carbonyl (C=O) groups is 1. The molecule has 0 heterocycles. The Morgan fingerprint density at radius 2 is 1.89 bits per heavy atom. The van der Waals surface area contributed by atoms with Gasteiger partial charge in [-0.1, -0.05) is 30.7 Å². The van der Waals surface area contributed by atoms with Crippen molar-refractivity contribution in [1.29, 1.82) is 0 Å². The van der Waals surface area contributed by atoms with Crippen LogP contribution >= 0.6 is 0 Å². The molecule has 1 amide bonds. The van der Waals surface area contributed by atoms with E-state index >= 15 is 0 Å². The van der Waals surface area contributed by atoms with Gasteiger partial charge >= 0.3 is 0 Å². The Hall–Kier alpha value is -2.82. The van der Waals surface area contributed by atoms with Crippen LogP contribution < -0.4 is 14.9 Å². The average Bonchev–Trinajstić information content (AvgIpc) is 2.64. The Morgan fingerprint density at radius 1 is 1.07 bits per heavy atom. The summed E-state index contributed by atoms with van der Waals surface area (Å²) in [6.07, 6.45) is 2.84. The van der Waals surface area contributed by atoms with Crippen LogP contribution in [0.2, 0.25) is 0 Å². The Balaban J connectivity index is 1.98. The lowest BCUT2D eigenvalue weighted by Crippen LogP contribution is -2.20. The highest BCUT2D eigenvalue weighted by Crippen LogP contribution is 2.28. The van der Waals surface area contributed by atoms with Crippen molar-refractivity contribution in [2.75, 3.05) is 13.2 Å². The number of carbonyl (C=O) groups excluding carboxylic acids is 1. The van der Waals surface area contributed by atoms with Crippen LogP contribution in [0.15, 0.2) is 41.5 Å². The topological polar surface area (TPSA) is 59.9 Å². The summed E-state index contributed by atoms with van der Waals surface area (Å²) < 4.78 is 11.3. The average molecular weight is 368 g/mol. The molecule has 0 bridgehead atoms. The first-order valence-electron chi connectivity index (χ1n) is 9.31. The van der Waals surface area contributed by atoms with Gasteiger partial charge in [-0.15, -0.1) is 0 Å². The molecule has 0 aliphatic rings. The number of rotatable bonds is 9. The van der Waals surface area contributed by atoms with Crippen LogP contribution in [-0.4, -0.2) is 25.3 Å². The second kappa shape index (κ2) is 10.4. The third kappa shape index (κ3) is 6.44. The second-order valence-corrected chi connectivity index (χ2v) is 6.39. The molecule has 0 saturated heterocycles. The molecule has 0 radical (unpaired) electrons. The van der Waals surface area contributed by atoms with Gasteiger partial charge < -0.3 is 9.47 Å². The van der Waals surface area contributed by atoms with Gasteiger partial charge in [0, 0.05) is 0 Å². The predicted molar refractivity (Wildman–Crippen MR) is 109 cm³/mol. The van der Waals surface area contributed by atoms with E-state index in [1.54, 1.807) is 6.21 Å². The van der Waals surface area contributed by atoms with Gasteiger partial charge in [0.2, 0.25) is 5.91 Å². The quantitative estimate of drug-likeness (QED) is 0.533. The number of nitrogens with zero attached hydrogens (tertiary/aromatic N) is 1. The molecule has 144 valence electrons. The fourth-order valence-corrected chi connectivity index (χ4v) is 2.64. The standard InChI is InChI=1S/C22H28N2O3/c1-5-11-27-20-10-8-18(13-21(20)26-6-2)15-23-24-22(25)14-19-9-7-16(3)12-17(19)4/h7-10,12-13,15H,5-6,11,14H2,1-4H3,(H,24,25)/b23-15-.